The molecule has 6 nitrogen and oxygen atoms in total. The number of benzene rings is 3. The van der Waals surface area contributed by atoms with Crippen molar-refractivity contribution in [1.82, 2.24) is 4.98 Å². The Labute approximate surface area is 217 Å². The highest BCUT2D eigenvalue weighted by atomic mass is 16.6. The molecule has 3 aromatic carbocycles. The Kier molecular flexibility index (Phi) is 7.56. The molecule has 0 aliphatic carbocycles. The fourth-order valence-electron chi connectivity index (χ4n) is 4.93. The van der Waals surface area contributed by atoms with Crippen LogP contribution in [0.3, 0.4) is 0 Å². The lowest BCUT2D eigenvalue weighted by Crippen LogP contribution is -2.41. The van der Waals surface area contributed by atoms with Gasteiger partial charge in [0.15, 0.2) is 5.60 Å². The lowest BCUT2D eigenvalue weighted by molar-refractivity contribution is -0.166. The molecule has 2 heterocycles. The average molecular weight is 500 g/mol. The topological polar surface area (TPSA) is 70.8 Å². The Hall–Kier alpha value is -3.64. The second kappa shape index (κ2) is 11.2. The minimum absolute atomic E-state index is 0.256. The van der Waals surface area contributed by atoms with Gasteiger partial charge in [0.1, 0.15) is 11.5 Å². The van der Waals surface area contributed by atoms with Crippen molar-refractivity contribution >= 4 is 16.7 Å². The highest BCUT2D eigenvalue weighted by Gasteiger charge is 2.44. The zero-order chi connectivity index (χ0) is 25.7. The Morgan fingerprint density at radius 3 is 2.65 bits per heavy atom. The first-order valence-corrected chi connectivity index (χ1v) is 13.0. The molecule has 1 aliphatic rings. The number of esters is 1. The Balaban J connectivity index is 1.18. The lowest BCUT2D eigenvalue weighted by atomic mass is 9.90. The number of oxazole rings is 1. The van der Waals surface area contributed by atoms with Gasteiger partial charge in [-0.1, -0.05) is 42.5 Å². The Morgan fingerprint density at radius 2 is 1.86 bits per heavy atom. The van der Waals surface area contributed by atoms with Crippen LogP contribution in [0.25, 0.3) is 22.2 Å². The number of hydrogen-bond donors (Lipinski definition) is 0. The first-order chi connectivity index (χ1) is 18.1. The van der Waals surface area contributed by atoms with E-state index in [4.69, 9.17) is 18.6 Å². The number of nitrogens with zero attached hydrogens (tertiary/aromatic N) is 1. The molecule has 0 spiro atoms. The molecule has 4 aromatic rings. The lowest BCUT2D eigenvalue weighted by Gasteiger charge is -2.26. The molecular weight excluding hydrogens is 466 g/mol. The van der Waals surface area contributed by atoms with Crippen LogP contribution in [0.15, 0.2) is 71.1 Å². The maximum absolute atomic E-state index is 12.6. The summed E-state index contributed by atoms with van der Waals surface area (Å²) in [6.45, 7) is 5.33. The van der Waals surface area contributed by atoms with Crippen molar-refractivity contribution in [2.45, 2.75) is 51.6 Å². The van der Waals surface area contributed by atoms with Crippen LogP contribution in [0, 0.1) is 6.92 Å². The number of carbonyl (C=O) groups is 1. The molecule has 0 bridgehead atoms. The van der Waals surface area contributed by atoms with Crippen molar-refractivity contribution in [2.24, 2.45) is 0 Å². The van der Waals surface area contributed by atoms with Gasteiger partial charge in [0.05, 0.1) is 18.9 Å². The number of aromatic nitrogens is 1. The number of rotatable bonds is 10. The molecule has 0 N–H and O–H groups in total. The van der Waals surface area contributed by atoms with E-state index in [2.05, 4.69) is 35.3 Å². The average Bonchev–Trinajstić information content (AvgIpc) is 3.54. The highest BCUT2D eigenvalue weighted by Crippen LogP contribution is 2.32. The van der Waals surface area contributed by atoms with E-state index < -0.39 is 5.60 Å². The van der Waals surface area contributed by atoms with Crippen LogP contribution in [0.2, 0.25) is 0 Å². The van der Waals surface area contributed by atoms with Gasteiger partial charge in [0.25, 0.3) is 0 Å². The van der Waals surface area contributed by atoms with Crippen molar-refractivity contribution in [3.63, 3.8) is 0 Å². The van der Waals surface area contributed by atoms with E-state index in [0.717, 1.165) is 58.4 Å². The molecule has 1 atom stereocenters. The van der Waals surface area contributed by atoms with Gasteiger partial charge in [-0.05, 0) is 80.1 Å². The van der Waals surface area contributed by atoms with E-state index in [0.29, 0.717) is 38.6 Å². The zero-order valence-corrected chi connectivity index (χ0v) is 21.5. The SMILES string of the molecule is CCOC(=O)C1(Cc2ccc3cc(OCCCc4nc(-c5ccccc5)oc4C)ccc3c2)CCCO1. The fraction of sp³-hybridized carbons (Fsp3) is 0.355. The summed E-state index contributed by atoms with van der Waals surface area (Å²) in [6.07, 6.45) is 3.72. The fourth-order valence-corrected chi connectivity index (χ4v) is 4.93. The van der Waals surface area contributed by atoms with Crippen LogP contribution < -0.4 is 4.74 Å². The molecule has 1 saturated heterocycles. The molecule has 1 unspecified atom stereocenters. The van der Waals surface area contributed by atoms with E-state index in [-0.39, 0.29) is 5.97 Å². The minimum Gasteiger partial charge on any atom is -0.494 e. The summed E-state index contributed by atoms with van der Waals surface area (Å²) < 4.78 is 23.1. The van der Waals surface area contributed by atoms with Crippen molar-refractivity contribution in [2.75, 3.05) is 19.8 Å². The maximum atomic E-state index is 12.6. The minimum atomic E-state index is -0.864. The number of carbonyl (C=O) groups excluding carboxylic acids is 1. The van der Waals surface area contributed by atoms with Crippen LogP contribution >= 0.6 is 0 Å². The largest absolute Gasteiger partial charge is 0.494 e. The molecule has 0 radical (unpaired) electrons. The van der Waals surface area contributed by atoms with Crippen LogP contribution in [-0.4, -0.2) is 36.4 Å². The molecule has 192 valence electrons. The van der Waals surface area contributed by atoms with Gasteiger partial charge >= 0.3 is 5.97 Å². The third kappa shape index (κ3) is 5.70. The Morgan fingerprint density at radius 1 is 1.05 bits per heavy atom. The predicted octanol–water partition coefficient (Wildman–Crippen LogP) is 6.47. The molecule has 37 heavy (non-hydrogen) atoms. The number of ether oxygens (including phenoxy) is 3. The standard InChI is InChI=1S/C31H33NO5/c1-3-34-30(33)31(16-8-18-36-31)21-23-12-13-26-20-27(15-14-25(26)19-23)35-17-7-11-28-22(2)37-29(32-28)24-9-5-4-6-10-24/h4-6,9-10,12-15,19-20H,3,7-8,11,16-18,21H2,1-2H3. The second-order valence-corrected chi connectivity index (χ2v) is 9.53. The molecule has 6 heteroatoms. The van der Waals surface area contributed by atoms with Crippen molar-refractivity contribution < 1.29 is 23.4 Å². The van der Waals surface area contributed by atoms with E-state index in [1.54, 1.807) is 0 Å². The highest BCUT2D eigenvalue weighted by molar-refractivity contribution is 5.85. The van der Waals surface area contributed by atoms with Crippen LogP contribution in [0.1, 0.15) is 43.2 Å². The summed E-state index contributed by atoms with van der Waals surface area (Å²) in [7, 11) is 0. The van der Waals surface area contributed by atoms with E-state index in [1.807, 2.05) is 50.2 Å². The van der Waals surface area contributed by atoms with Crippen LogP contribution in [0.5, 0.6) is 5.75 Å². The number of hydrogen-bond acceptors (Lipinski definition) is 6. The molecule has 5 rings (SSSR count). The number of fused-ring (bicyclic) bond motifs is 1. The summed E-state index contributed by atoms with van der Waals surface area (Å²) in [5, 5.41) is 2.20. The van der Waals surface area contributed by atoms with Gasteiger partial charge in [0, 0.05) is 18.6 Å². The summed E-state index contributed by atoms with van der Waals surface area (Å²) in [5.74, 6) is 2.10. The van der Waals surface area contributed by atoms with Gasteiger partial charge < -0.3 is 18.6 Å². The molecule has 1 fully saturated rings. The van der Waals surface area contributed by atoms with E-state index >= 15 is 0 Å². The maximum Gasteiger partial charge on any atom is 0.338 e. The van der Waals surface area contributed by atoms with Gasteiger partial charge in [-0.25, -0.2) is 9.78 Å². The summed E-state index contributed by atoms with van der Waals surface area (Å²) in [6, 6.07) is 22.3. The summed E-state index contributed by atoms with van der Waals surface area (Å²) in [5.41, 5.74) is 2.16. The first kappa shape index (κ1) is 25.0. The Bertz CT molecular complexity index is 1350. The first-order valence-electron chi connectivity index (χ1n) is 13.0. The van der Waals surface area contributed by atoms with Crippen molar-refractivity contribution in [3.8, 4) is 17.2 Å². The van der Waals surface area contributed by atoms with Gasteiger partial charge in [0.2, 0.25) is 5.89 Å². The van der Waals surface area contributed by atoms with Gasteiger partial charge in [-0.3, -0.25) is 0 Å². The van der Waals surface area contributed by atoms with E-state index in [1.165, 1.54) is 0 Å². The predicted molar refractivity (Wildman–Crippen MR) is 143 cm³/mol. The van der Waals surface area contributed by atoms with E-state index in [9.17, 15) is 4.79 Å². The third-order valence-electron chi connectivity index (χ3n) is 6.86. The monoisotopic (exact) mass is 499 g/mol. The van der Waals surface area contributed by atoms with Crippen LogP contribution in [0.4, 0.5) is 0 Å². The third-order valence-corrected chi connectivity index (χ3v) is 6.86. The van der Waals surface area contributed by atoms with Crippen molar-refractivity contribution in [3.05, 3.63) is 83.7 Å². The van der Waals surface area contributed by atoms with Crippen LogP contribution in [-0.2, 0) is 27.1 Å². The quantitative estimate of drug-likeness (QED) is 0.184. The van der Waals surface area contributed by atoms with Gasteiger partial charge in [-0.2, -0.15) is 0 Å². The smallest absolute Gasteiger partial charge is 0.338 e. The number of aryl methyl sites for hydroxylation is 2. The zero-order valence-electron chi connectivity index (χ0n) is 21.5. The second-order valence-electron chi connectivity index (χ2n) is 9.53. The normalized spacial score (nSPS) is 17.2. The summed E-state index contributed by atoms with van der Waals surface area (Å²) >= 11 is 0. The molecule has 0 saturated carbocycles. The van der Waals surface area contributed by atoms with Crippen molar-refractivity contribution in [1.29, 1.82) is 0 Å². The summed E-state index contributed by atoms with van der Waals surface area (Å²) in [4.78, 5) is 17.3. The molecule has 1 aromatic heterocycles. The molecule has 1 aliphatic heterocycles. The molecule has 0 amide bonds. The molecular formula is C31H33NO5. The van der Waals surface area contributed by atoms with Gasteiger partial charge in [-0.15, -0.1) is 0 Å².